The van der Waals surface area contributed by atoms with E-state index in [0.29, 0.717) is 29.3 Å². The molecule has 9 heteroatoms. The zero-order valence-electron chi connectivity index (χ0n) is 17.1. The van der Waals surface area contributed by atoms with Gasteiger partial charge in [0, 0.05) is 18.3 Å². The molecule has 160 valence electrons. The van der Waals surface area contributed by atoms with E-state index in [0.717, 1.165) is 39.5 Å². The first-order valence-electron chi connectivity index (χ1n) is 10.1. The lowest BCUT2D eigenvalue weighted by Crippen LogP contribution is -2.03. The number of methoxy groups -OCH3 is 1. The number of ether oxygens (including phenoxy) is 3. The van der Waals surface area contributed by atoms with Crippen molar-refractivity contribution in [3.05, 3.63) is 59.4 Å². The van der Waals surface area contributed by atoms with Crippen LogP contribution in [0.15, 0.2) is 42.6 Å². The van der Waals surface area contributed by atoms with Crippen molar-refractivity contribution in [3.8, 4) is 17.2 Å². The Morgan fingerprint density at radius 1 is 1.19 bits per heavy atom. The van der Waals surface area contributed by atoms with Gasteiger partial charge in [0.15, 0.2) is 11.5 Å². The van der Waals surface area contributed by atoms with Crippen LogP contribution in [0, 0.1) is 0 Å². The van der Waals surface area contributed by atoms with Gasteiger partial charge in [-0.05, 0) is 42.0 Å². The molecule has 2 aliphatic heterocycles. The number of benzene rings is 2. The van der Waals surface area contributed by atoms with Crippen LogP contribution in [0.3, 0.4) is 0 Å². The molecule has 6 rings (SSSR count). The van der Waals surface area contributed by atoms with Gasteiger partial charge in [-0.15, -0.1) is 0 Å². The number of hydrogen-bond acceptors (Lipinski definition) is 6. The van der Waals surface area contributed by atoms with Crippen molar-refractivity contribution in [3.63, 3.8) is 0 Å². The van der Waals surface area contributed by atoms with Gasteiger partial charge in [0.1, 0.15) is 11.3 Å². The number of carbonyl (C=O) groups is 1. The molecule has 4 N–H and O–H groups in total. The van der Waals surface area contributed by atoms with Crippen LogP contribution >= 0.6 is 0 Å². The molecule has 0 spiro atoms. The SMILES string of the molecule is COc1cc[nH]c1/C=C1/C(=O)Nc2ccc3[nH]c(NCc4ccc5c(c4)OCO5)nc3c21. The van der Waals surface area contributed by atoms with Crippen LogP contribution < -0.4 is 24.8 Å². The molecule has 0 aliphatic carbocycles. The number of carbonyl (C=O) groups excluding carboxylic acids is 1. The summed E-state index contributed by atoms with van der Waals surface area (Å²) >= 11 is 0. The first-order chi connectivity index (χ1) is 15.7. The third-order valence-electron chi connectivity index (χ3n) is 5.56. The molecule has 9 nitrogen and oxygen atoms in total. The van der Waals surface area contributed by atoms with Gasteiger partial charge < -0.3 is 34.8 Å². The summed E-state index contributed by atoms with van der Waals surface area (Å²) in [5.41, 5.74) is 5.32. The number of imidazole rings is 1. The molecule has 0 saturated carbocycles. The van der Waals surface area contributed by atoms with Gasteiger partial charge in [-0.25, -0.2) is 4.98 Å². The molecule has 0 atom stereocenters. The lowest BCUT2D eigenvalue weighted by molar-refractivity contribution is -0.110. The Bertz CT molecular complexity index is 1400. The lowest BCUT2D eigenvalue weighted by Gasteiger charge is -2.04. The Labute approximate surface area is 182 Å². The minimum Gasteiger partial charge on any atom is -0.495 e. The van der Waals surface area contributed by atoms with Gasteiger partial charge in [0.25, 0.3) is 5.91 Å². The average molecular weight is 429 g/mol. The monoisotopic (exact) mass is 429 g/mol. The summed E-state index contributed by atoms with van der Waals surface area (Å²) < 4.78 is 16.2. The predicted octanol–water partition coefficient (Wildman–Crippen LogP) is 3.73. The Balaban J connectivity index is 1.33. The van der Waals surface area contributed by atoms with Crippen molar-refractivity contribution in [1.29, 1.82) is 0 Å². The number of nitrogens with zero attached hydrogens (tertiary/aromatic N) is 1. The Hall–Kier alpha value is -4.40. The second-order valence-electron chi connectivity index (χ2n) is 7.48. The normalized spacial score (nSPS) is 15.3. The smallest absolute Gasteiger partial charge is 0.256 e. The van der Waals surface area contributed by atoms with Crippen LogP contribution in [0.25, 0.3) is 22.7 Å². The fourth-order valence-electron chi connectivity index (χ4n) is 4.02. The molecular formula is C23H19N5O4. The first-order valence-corrected chi connectivity index (χ1v) is 10.1. The topological polar surface area (TPSA) is 113 Å². The summed E-state index contributed by atoms with van der Waals surface area (Å²) in [6, 6.07) is 11.4. The van der Waals surface area contributed by atoms with Gasteiger partial charge in [-0.3, -0.25) is 4.79 Å². The molecule has 0 saturated heterocycles. The zero-order valence-corrected chi connectivity index (χ0v) is 17.1. The summed E-state index contributed by atoms with van der Waals surface area (Å²) in [7, 11) is 1.60. The van der Waals surface area contributed by atoms with Crippen LogP contribution in [0.1, 0.15) is 16.8 Å². The van der Waals surface area contributed by atoms with Crippen LogP contribution in [-0.4, -0.2) is 34.8 Å². The highest BCUT2D eigenvalue weighted by Gasteiger charge is 2.28. The molecule has 0 radical (unpaired) electrons. The summed E-state index contributed by atoms with van der Waals surface area (Å²) in [5, 5.41) is 6.23. The average Bonchev–Trinajstić information content (AvgIpc) is 3.58. The first kappa shape index (κ1) is 18.4. The summed E-state index contributed by atoms with van der Waals surface area (Å²) in [4.78, 5) is 23.8. The minimum atomic E-state index is -0.179. The summed E-state index contributed by atoms with van der Waals surface area (Å²) in [6.07, 6.45) is 3.56. The summed E-state index contributed by atoms with van der Waals surface area (Å²) in [6.45, 7) is 0.802. The number of anilines is 2. The van der Waals surface area contributed by atoms with Gasteiger partial charge in [0.05, 0.1) is 29.6 Å². The van der Waals surface area contributed by atoms with Crippen LogP contribution in [0.2, 0.25) is 0 Å². The number of H-pyrrole nitrogens is 2. The highest BCUT2D eigenvalue weighted by molar-refractivity contribution is 6.37. The second kappa shape index (κ2) is 7.09. The van der Waals surface area contributed by atoms with Gasteiger partial charge >= 0.3 is 0 Å². The Morgan fingerprint density at radius 3 is 3.00 bits per heavy atom. The van der Waals surface area contributed by atoms with Crippen LogP contribution in [0.5, 0.6) is 17.2 Å². The minimum absolute atomic E-state index is 0.179. The van der Waals surface area contributed by atoms with Gasteiger partial charge in [-0.1, -0.05) is 6.07 Å². The molecule has 0 unspecified atom stereocenters. The number of aromatic amines is 2. The molecule has 2 aromatic carbocycles. The predicted molar refractivity (Wildman–Crippen MR) is 120 cm³/mol. The number of nitrogens with one attached hydrogen (secondary N) is 4. The molecule has 4 aromatic rings. The van der Waals surface area contributed by atoms with Crippen molar-refractivity contribution in [2.24, 2.45) is 0 Å². The number of rotatable bonds is 5. The molecule has 2 aromatic heterocycles. The lowest BCUT2D eigenvalue weighted by atomic mass is 10.0. The maximum absolute atomic E-state index is 12.7. The van der Waals surface area contributed by atoms with Crippen LogP contribution in [0.4, 0.5) is 11.6 Å². The summed E-state index contributed by atoms with van der Waals surface area (Å²) in [5.74, 6) is 2.59. The third kappa shape index (κ3) is 2.94. The third-order valence-corrected chi connectivity index (χ3v) is 5.56. The maximum atomic E-state index is 12.7. The molecule has 2 aliphatic rings. The second-order valence-corrected chi connectivity index (χ2v) is 7.48. The van der Waals surface area contributed by atoms with Gasteiger partial charge in [-0.2, -0.15) is 0 Å². The van der Waals surface area contributed by atoms with E-state index in [4.69, 9.17) is 19.2 Å². The molecule has 32 heavy (non-hydrogen) atoms. The van der Waals surface area contributed by atoms with Crippen molar-refractivity contribution < 1.29 is 19.0 Å². The quantitative estimate of drug-likeness (QED) is 0.360. The van der Waals surface area contributed by atoms with E-state index in [-0.39, 0.29) is 12.7 Å². The van der Waals surface area contributed by atoms with Crippen LogP contribution in [-0.2, 0) is 11.3 Å². The zero-order chi connectivity index (χ0) is 21.7. The number of fused-ring (bicyclic) bond motifs is 4. The van der Waals surface area contributed by atoms with E-state index in [9.17, 15) is 4.79 Å². The van der Waals surface area contributed by atoms with E-state index in [1.807, 2.05) is 36.4 Å². The number of hydrogen-bond donors (Lipinski definition) is 4. The number of aromatic nitrogens is 3. The molecule has 0 bridgehead atoms. The van der Waals surface area contributed by atoms with E-state index in [1.54, 1.807) is 19.4 Å². The Kier molecular flexibility index (Phi) is 4.07. The number of amides is 1. The maximum Gasteiger partial charge on any atom is 0.256 e. The highest BCUT2D eigenvalue weighted by Crippen LogP contribution is 2.39. The molecule has 0 fully saturated rings. The fourth-order valence-corrected chi connectivity index (χ4v) is 4.02. The van der Waals surface area contributed by atoms with Crippen molar-refractivity contribution in [1.82, 2.24) is 15.0 Å². The van der Waals surface area contributed by atoms with E-state index in [1.165, 1.54) is 0 Å². The fraction of sp³-hybridized carbons (Fsp3) is 0.130. The van der Waals surface area contributed by atoms with E-state index in [2.05, 4.69) is 20.6 Å². The molecule has 1 amide bonds. The van der Waals surface area contributed by atoms with E-state index >= 15 is 0 Å². The molecular weight excluding hydrogens is 410 g/mol. The van der Waals surface area contributed by atoms with E-state index < -0.39 is 0 Å². The van der Waals surface area contributed by atoms with Crippen molar-refractivity contribution >= 4 is 40.2 Å². The largest absolute Gasteiger partial charge is 0.495 e. The van der Waals surface area contributed by atoms with Crippen molar-refractivity contribution in [2.45, 2.75) is 6.54 Å². The van der Waals surface area contributed by atoms with Gasteiger partial charge in [0.2, 0.25) is 12.7 Å². The highest BCUT2D eigenvalue weighted by atomic mass is 16.7. The van der Waals surface area contributed by atoms with Crippen molar-refractivity contribution in [2.75, 3.05) is 24.5 Å². The standard InChI is InChI=1S/C23H19N5O4/c1-30-17-6-7-24-16(17)9-13-20-14(26-22(13)29)3-4-15-21(20)28-23(27-15)25-10-12-2-5-18-19(8-12)32-11-31-18/h2-9,24H,10-11H2,1H3,(H,26,29)(H2,25,27,28)/b13-9+. The molecule has 4 heterocycles. The Morgan fingerprint density at radius 2 is 2.09 bits per heavy atom.